The van der Waals surface area contributed by atoms with Crippen molar-refractivity contribution in [2.24, 2.45) is 0 Å². The maximum Gasteiger partial charge on any atom is 0.258 e. The van der Waals surface area contributed by atoms with E-state index in [2.05, 4.69) is 57.3 Å². The van der Waals surface area contributed by atoms with Crippen LogP contribution in [0, 0.1) is 0 Å². The number of ether oxygens (including phenoxy) is 2. The molecule has 5 heteroatoms. The van der Waals surface area contributed by atoms with Crippen LogP contribution in [0.3, 0.4) is 0 Å². The van der Waals surface area contributed by atoms with E-state index in [0.29, 0.717) is 6.54 Å². The Morgan fingerprint density at radius 1 is 1.03 bits per heavy atom. The number of nitrogens with zero attached hydrogens (tertiary/aromatic N) is 1. The van der Waals surface area contributed by atoms with Crippen LogP contribution < -0.4 is 10.1 Å². The number of nitrogens with one attached hydrogen (secondary N) is 1. The summed E-state index contributed by atoms with van der Waals surface area (Å²) in [6, 6.07) is 26.4. The minimum Gasteiger partial charge on any atom is -0.496 e. The van der Waals surface area contributed by atoms with E-state index >= 15 is 0 Å². The lowest BCUT2D eigenvalue weighted by atomic mass is 9.86. The maximum absolute atomic E-state index is 14.2. The summed E-state index contributed by atoms with van der Waals surface area (Å²) in [5.74, 6) is 0.809. The molecule has 3 atom stereocenters. The molecule has 1 aliphatic heterocycles. The van der Waals surface area contributed by atoms with Gasteiger partial charge in [-0.3, -0.25) is 10.1 Å². The van der Waals surface area contributed by atoms with E-state index in [1.807, 2.05) is 59.5 Å². The number of carbonyl (C=O) groups is 1. The van der Waals surface area contributed by atoms with E-state index in [-0.39, 0.29) is 17.4 Å². The summed E-state index contributed by atoms with van der Waals surface area (Å²) in [4.78, 5) is 16.3. The van der Waals surface area contributed by atoms with E-state index in [9.17, 15) is 4.79 Å². The lowest BCUT2D eigenvalue weighted by Crippen LogP contribution is -2.56. The van der Waals surface area contributed by atoms with Gasteiger partial charge in [0.15, 0.2) is 6.10 Å². The number of hydrogen-bond donors (Lipinski definition) is 1. The van der Waals surface area contributed by atoms with Crippen LogP contribution in [0.2, 0.25) is 0 Å². The highest BCUT2D eigenvalue weighted by atomic mass is 16.5. The molecule has 1 aliphatic rings. The van der Waals surface area contributed by atoms with Gasteiger partial charge in [0.2, 0.25) is 0 Å². The highest BCUT2D eigenvalue weighted by Gasteiger charge is 2.48. The highest BCUT2D eigenvalue weighted by Crippen LogP contribution is 2.43. The molecule has 1 N–H and O–H groups in total. The number of hydrogen-bond acceptors (Lipinski definition) is 4. The average molecular weight is 501 g/mol. The van der Waals surface area contributed by atoms with Gasteiger partial charge in [0.1, 0.15) is 5.75 Å². The summed E-state index contributed by atoms with van der Waals surface area (Å²) in [6.45, 7) is 9.35. The molecule has 37 heavy (non-hydrogen) atoms. The highest BCUT2D eigenvalue weighted by molar-refractivity contribution is 5.84. The van der Waals surface area contributed by atoms with Crippen molar-refractivity contribution >= 4 is 5.91 Å². The first kappa shape index (κ1) is 26.9. The van der Waals surface area contributed by atoms with Crippen molar-refractivity contribution < 1.29 is 14.3 Å². The van der Waals surface area contributed by atoms with Gasteiger partial charge in [-0.25, -0.2) is 0 Å². The predicted molar refractivity (Wildman–Crippen MR) is 148 cm³/mol. The third-order valence-corrected chi connectivity index (χ3v) is 7.54. The van der Waals surface area contributed by atoms with Crippen LogP contribution in [0.1, 0.15) is 74.9 Å². The Morgan fingerprint density at radius 3 is 2.27 bits per heavy atom. The summed E-state index contributed by atoms with van der Waals surface area (Å²) in [5.41, 5.74) is 3.79. The molecule has 3 aromatic carbocycles. The quantitative estimate of drug-likeness (QED) is 0.381. The van der Waals surface area contributed by atoms with Crippen molar-refractivity contribution in [1.29, 1.82) is 0 Å². The Hall–Kier alpha value is -3.15. The topological polar surface area (TPSA) is 50.8 Å². The Morgan fingerprint density at radius 2 is 1.68 bits per heavy atom. The zero-order chi connectivity index (χ0) is 26.6. The van der Waals surface area contributed by atoms with Crippen molar-refractivity contribution in [3.63, 3.8) is 0 Å². The predicted octanol–water partition coefficient (Wildman–Crippen LogP) is 6.55. The largest absolute Gasteiger partial charge is 0.496 e. The standard InChI is InChI=1S/C32H40N2O3/c1-31(2,3)26-17-18-28(36-5)25(21-26)22-33-32(4)20-19-27(23-13-9-7-10-14-23)34(32)30(35)29(37-6)24-15-11-8-12-16-24/h7-18,21,27,29,33H,19-20,22H2,1-6H3/t27?,29-,32?/m1/s1. The van der Waals surface area contributed by atoms with E-state index in [1.54, 1.807) is 14.2 Å². The second-order valence-corrected chi connectivity index (χ2v) is 11.1. The zero-order valence-electron chi connectivity index (χ0n) is 23.0. The molecule has 1 amide bonds. The number of benzene rings is 3. The monoisotopic (exact) mass is 500 g/mol. The van der Waals surface area contributed by atoms with Crippen molar-refractivity contribution in [2.45, 2.75) is 70.3 Å². The number of likely N-dealkylation sites (tertiary alicyclic amines) is 1. The molecular formula is C32H40N2O3. The Balaban J connectivity index is 1.68. The van der Waals surface area contributed by atoms with Gasteiger partial charge in [-0.1, -0.05) is 93.6 Å². The summed E-state index contributed by atoms with van der Waals surface area (Å²) in [5, 5.41) is 3.76. The van der Waals surface area contributed by atoms with Crippen molar-refractivity contribution in [2.75, 3.05) is 14.2 Å². The average Bonchev–Trinajstić information content (AvgIpc) is 3.25. The van der Waals surface area contributed by atoms with Crippen LogP contribution in [-0.4, -0.2) is 30.7 Å². The number of rotatable bonds is 8. The Kier molecular flexibility index (Phi) is 8.05. The number of carbonyl (C=O) groups excluding carboxylic acids is 1. The van der Waals surface area contributed by atoms with Crippen LogP contribution in [-0.2, 0) is 21.5 Å². The van der Waals surface area contributed by atoms with Gasteiger partial charge < -0.3 is 14.4 Å². The molecule has 0 radical (unpaired) electrons. The first-order valence-corrected chi connectivity index (χ1v) is 13.1. The minimum atomic E-state index is -0.676. The fraction of sp³-hybridized carbons (Fsp3) is 0.406. The third-order valence-electron chi connectivity index (χ3n) is 7.54. The van der Waals surface area contributed by atoms with E-state index in [0.717, 1.165) is 35.3 Å². The molecule has 0 aliphatic carbocycles. The molecule has 1 fully saturated rings. The Bertz CT molecular complexity index is 1190. The molecular weight excluding hydrogens is 460 g/mol. The van der Waals surface area contributed by atoms with Gasteiger partial charge in [0.25, 0.3) is 5.91 Å². The molecule has 1 saturated heterocycles. The second-order valence-electron chi connectivity index (χ2n) is 11.1. The Labute approximate surface area is 221 Å². The molecule has 196 valence electrons. The smallest absolute Gasteiger partial charge is 0.258 e. The molecule has 0 bridgehead atoms. The van der Waals surface area contributed by atoms with Crippen LogP contribution >= 0.6 is 0 Å². The van der Waals surface area contributed by atoms with Gasteiger partial charge in [-0.2, -0.15) is 0 Å². The van der Waals surface area contributed by atoms with Gasteiger partial charge in [0.05, 0.1) is 18.8 Å². The first-order valence-electron chi connectivity index (χ1n) is 13.1. The normalized spacial score (nSPS) is 20.6. The van der Waals surface area contributed by atoms with Crippen LogP contribution in [0.15, 0.2) is 78.9 Å². The van der Waals surface area contributed by atoms with Crippen LogP contribution in [0.25, 0.3) is 0 Å². The molecule has 1 heterocycles. The minimum absolute atomic E-state index is 0.0278. The van der Waals surface area contributed by atoms with Crippen molar-refractivity contribution in [1.82, 2.24) is 10.2 Å². The first-order chi connectivity index (χ1) is 17.7. The van der Waals surface area contributed by atoms with Gasteiger partial charge in [-0.05, 0) is 47.9 Å². The summed E-state index contributed by atoms with van der Waals surface area (Å²) < 4.78 is 11.5. The van der Waals surface area contributed by atoms with E-state index in [4.69, 9.17) is 9.47 Å². The van der Waals surface area contributed by atoms with Crippen LogP contribution in [0.4, 0.5) is 0 Å². The van der Waals surface area contributed by atoms with Gasteiger partial charge in [-0.15, -0.1) is 0 Å². The van der Waals surface area contributed by atoms with E-state index < -0.39 is 11.8 Å². The molecule has 0 spiro atoms. The fourth-order valence-corrected chi connectivity index (χ4v) is 5.38. The van der Waals surface area contributed by atoms with Crippen LogP contribution in [0.5, 0.6) is 5.75 Å². The number of amides is 1. The van der Waals surface area contributed by atoms with Crippen molar-refractivity contribution in [3.8, 4) is 5.75 Å². The molecule has 4 rings (SSSR count). The van der Waals surface area contributed by atoms with E-state index in [1.165, 1.54) is 5.56 Å². The maximum atomic E-state index is 14.2. The van der Waals surface area contributed by atoms with Gasteiger partial charge in [0, 0.05) is 19.2 Å². The fourth-order valence-electron chi connectivity index (χ4n) is 5.38. The molecule has 0 aromatic heterocycles. The third kappa shape index (κ3) is 5.73. The lowest BCUT2D eigenvalue weighted by Gasteiger charge is -2.41. The summed E-state index contributed by atoms with van der Waals surface area (Å²) >= 11 is 0. The molecule has 3 aromatic rings. The van der Waals surface area contributed by atoms with Gasteiger partial charge >= 0.3 is 0 Å². The SMILES string of the molecule is COc1ccc(C(C)(C)C)cc1CNC1(C)CCC(c2ccccc2)N1C(=O)[C@H](OC)c1ccccc1. The lowest BCUT2D eigenvalue weighted by molar-refractivity contribution is -0.150. The summed E-state index contributed by atoms with van der Waals surface area (Å²) in [6.07, 6.45) is 1.01. The second kappa shape index (κ2) is 11.1. The molecule has 0 saturated carbocycles. The number of methoxy groups -OCH3 is 2. The van der Waals surface area contributed by atoms with Crippen molar-refractivity contribution in [3.05, 3.63) is 101 Å². The molecule has 5 nitrogen and oxygen atoms in total. The zero-order valence-corrected chi connectivity index (χ0v) is 23.0. The summed E-state index contributed by atoms with van der Waals surface area (Å²) in [7, 11) is 3.31. The molecule has 2 unspecified atom stereocenters.